The molecule has 4 rings (SSSR count). The van der Waals surface area contributed by atoms with E-state index in [0.29, 0.717) is 0 Å². The standard InChI is InChI=1S/C18H23N5S/c1-18(2,3)15-8-13(21-22-15)9-23-6-4-14-16(20-11-19-14)17(23)12-5-7-24-10-12/h5,7-8,10-11,17H,4,6,9H2,1-3H3,(H,19,20)(H,21,22). The highest BCUT2D eigenvalue weighted by Gasteiger charge is 2.31. The maximum absolute atomic E-state index is 4.61. The van der Waals surface area contributed by atoms with Gasteiger partial charge in [-0.3, -0.25) is 10.00 Å². The van der Waals surface area contributed by atoms with Gasteiger partial charge >= 0.3 is 0 Å². The van der Waals surface area contributed by atoms with Gasteiger partial charge in [0.25, 0.3) is 0 Å². The van der Waals surface area contributed by atoms with Crippen LogP contribution in [-0.2, 0) is 18.4 Å². The number of thiophene rings is 1. The Morgan fingerprint density at radius 1 is 1.38 bits per heavy atom. The molecule has 0 radical (unpaired) electrons. The first kappa shape index (κ1) is 15.6. The number of fused-ring (bicyclic) bond motifs is 1. The first-order valence-electron chi connectivity index (χ1n) is 8.35. The zero-order chi connectivity index (χ0) is 16.7. The van der Waals surface area contributed by atoms with Crippen molar-refractivity contribution in [2.75, 3.05) is 6.54 Å². The van der Waals surface area contributed by atoms with Crippen LogP contribution >= 0.6 is 11.3 Å². The van der Waals surface area contributed by atoms with E-state index in [1.807, 2.05) is 6.33 Å². The second kappa shape index (κ2) is 5.86. The molecular weight excluding hydrogens is 318 g/mol. The van der Waals surface area contributed by atoms with Gasteiger partial charge in [0.2, 0.25) is 0 Å². The molecule has 126 valence electrons. The molecule has 0 saturated heterocycles. The molecule has 1 unspecified atom stereocenters. The van der Waals surface area contributed by atoms with Crippen LogP contribution in [0.3, 0.4) is 0 Å². The van der Waals surface area contributed by atoms with E-state index in [1.54, 1.807) is 11.3 Å². The van der Waals surface area contributed by atoms with E-state index in [1.165, 1.54) is 17.0 Å². The van der Waals surface area contributed by atoms with Crippen LogP contribution in [0.1, 0.15) is 55.2 Å². The van der Waals surface area contributed by atoms with Gasteiger partial charge in [0.1, 0.15) is 0 Å². The van der Waals surface area contributed by atoms with Gasteiger partial charge in [0, 0.05) is 36.3 Å². The van der Waals surface area contributed by atoms with E-state index in [9.17, 15) is 0 Å². The molecule has 0 fully saturated rings. The molecule has 4 heterocycles. The fraction of sp³-hybridized carbons (Fsp3) is 0.444. The first-order valence-corrected chi connectivity index (χ1v) is 9.30. The Hall–Kier alpha value is -1.92. The largest absolute Gasteiger partial charge is 0.348 e. The van der Waals surface area contributed by atoms with Gasteiger partial charge in [-0.2, -0.15) is 16.4 Å². The number of hydrogen-bond acceptors (Lipinski definition) is 4. The molecule has 1 atom stereocenters. The second-order valence-corrected chi connectivity index (χ2v) is 8.25. The molecule has 6 heteroatoms. The minimum Gasteiger partial charge on any atom is -0.348 e. The summed E-state index contributed by atoms with van der Waals surface area (Å²) < 4.78 is 0. The van der Waals surface area contributed by atoms with Crippen molar-refractivity contribution in [2.24, 2.45) is 0 Å². The Labute approximate surface area is 146 Å². The Kier molecular flexibility index (Phi) is 3.81. The van der Waals surface area contributed by atoms with Crippen molar-refractivity contribution < 1.29 is 0 Å². The quantitative estimate of drug-likeness (QED) is 0.764. The van der Waals surface area contributed by atoms with Crippen LogP contribution in [0, 0.1) is 0 Å². The number of hydrogen-bond donors (Lipinski definition) is 2. The topological polar surface area (TPSA) is 60.6 Å². The first-order chi connectivity index (χ1) is 11.5. The van der Waals surface area contributed by atoms with E-state index in [-0.39, 0.29) is 11.5 Å². The molecule has 2 N–H and O–H groups in total. The summed E-state index contributed by atoms with van der Waals surface area (Å²) in [5, 5.41) is 12.1. The normalized spacial score (nSPS) is 18.7. The zero-order valence-corrected chi connectivity index (χ0v) is 15.2. The number of aromatic amines is 2. The predicted octanol–water partition coefficient (Wildman–Crippen LogP) is 3.64. The Morgan fingerprint density at radius 2 is 2.25 bits per heavy atom. The number of nitrogens with zero attached hydrogens (tertiary/aromatic N) is 3. The molecule has 24 heavy (non-hydrogen) atoms. The Bertz CT molecular complexity index is 809. The average Bonchev–Trinajstić information content (AvgIpc) is 3.27. The summed E-state index contributed by atoms with van der Waals surface area (Å²) in [6.45, 7) is 8.45. The van der Waals surface area contributed by atoms with Gasteiger partial charge in [-0.1, -0.05) is 20.8 Å². The van der Waals surface area contributed by atoms with Gasteiger partial charge in [-0.15, -0.1) is 0 Å². The molecule has 1 aliphatic rings. The third-order valence-electron chi connectivity index (χ3n) is 4.66. The smallest absolute Gasteiger partial charge is 0.0926 e. The molecule has 0 amide bonds. The predicted molar refractivity (Wildman–Crippen MR) is 96.2 cm³/mol. The fourth-order valence-electron chi connectivity index (χ4n) is 3.34. The van der Waals surface area contributed by atoms with Crippen LogP contribution in [0.15, 0.2) is 29.2 Å². The average molecular weight is 341 g/mol. The zero-order valence-electron chi connectivity index (χ0n) is 14.3. The molecule has 0 spiro atoms. The van der Waals surface area contributed by atoms with Gasteiger partial charge in [0.05, 0.1) is 23.8 Å². The maximum Gasteiger partial charge on any atom is 0.0926 e. The van der Waals surface area contributed by atoms with E-state index in [0.717, 1.165) is 30.9 Å². The number of imidazole rings is 1. The number of rotatable bonds is 3. The van der Waals surface area contributed by atoms with Crippen LogP contribution in [0.2, 0.25) is 0 Å². The highest BCUT2D eigenvalue weighted by Crippen LogP contribution is 2.35. The highest BCUT2D eigenvalue weighted by atomic mass is 32.1. The van der Waals surface area contributed by atoms with Crippen molar-refractivity contribution in [3.63, 3.8) is 0 Å². The van der Waals surface area contributed by atoms with Crippen molar-refractivity contribution in [2.45, 2.75) is 45.2 Å². The third-order valence-corrected chi connectivity index (χ3v) is 5.36. The monoisotopic (exact) mass is 341 g/mol. The molecule has 3 aromatic heterocycles. The lowest BCUT2D eigenvalue weighted by atomic mass is 9.92. The molecule has 3 aromatic rings. The summed E-state index contributed by atoms with van der Waals surface area (Å²) in [6, 6.07) is 4.62. The van der Waals surface area contributed by atoms with Gasteiger partial charge in [0.15, 0.2) is 0 Å². The van der Waals surface area contributed by atoms with E-state index in [4.69, 9.17) is 0 Å². The third kappa shape index (κ3) is 2.80. The van der Waals surface area contributed by atoms with Crippen LogP contribution in [0.4, 0.5) is 0 Å². The van der Waals surface area contributed by atoms with Crippen molar-refractivity contribution in [1.29, 1.82) is 0 Å². The summed E-state index contributed by atoms with van der Waals surface area (Å²) in [6.07, 6.45) is 2.83. The molecule has 1 aliphatic heterocycles. The van der Waals surface area contributed by atoms with Crippen molar-refractivity contribution in [3.05, 3.63) is 57.6 Å². The van der Waals surface area contributed by atoms with E-state index < -0.39 is 0 Å². The Morgan fingerprint density at radius 3 is 2.96 bits per heavy atom. The lowest BCUT2D eigenvalue weighted by Crippen LogP contribution is -2.35. The SMILES string of the molecule is CC(C)(C)c1cc(CN2CCc3[nH]cnc3C2c2ccsc2)[nH]n1. The summed E-state index contributed by atoms with van der Waals surface area (Å²) in [5.74, 6) is 0. The summed E-state index contributed by atoms with van der Waals surface area (Å²) >= 11 is 1.74. The molecule has 5 nitrogen and oxygen atoms in total. The Balaban J connectivity index is 1.63. The van der Waals surface area contributed by atoms with E-state index in [2.05, 4.69) is 68.7 Å². The minimum absolute atomic E-state index is 0.0682. The van der Waals surface area contributed by atoms with Gasteiger partial charge in [-0.05, 0) is 28.5 Å². The van der Waals surface area contributed by atoms with E-state index >= 15 is 0 Å². The summed E-state index contributed by atoms with van der Waals surface area (Å²) in [7, 11) is 0. The second-order valence-electron chi connectivity index (χ2n) is 7.47. The number of H-pyrrole nitrogens is 2. The maximum atomic E-state index is 4.61. The molecule has 0 aromatic carbocycles. The van der Waals surface area contributed by atoms with Crippen LogP contribution < -0.4 is 0 Å². The van der Waals surface area contributed by atoms with Crippen molar-refractivity contribution in [3.8, 4) is 0 Å². The lowest BCUT2D eigenvalue weighted by molar-refractivity contribution is 0.198. The lowest BCUT2D eigenvalue weighted by Gasteiger charge is -2.34. The van der Waals surface area contributed by atoms with Gasteiger partial charge in [-0.25, -0.2) is 4.98 Å². The van der Waals surface area contributed by atoms with Crippen molar-refractivity contribution >= 4 is 11.3 Å². The fourth-order valence-corrected chi connectivity index (χ4v) is 4.02. The summed E-state index contributed by atoms with van der Waals surface area (Å²) in [4.78, 5) is 10.4. The molecular formula is C18H23N5S. The van der Waals surface area contributed by atoms with Crippen molar-refractivity contribution in [1.82, 2.24) is 25.1 Å². The number of aromatic nitrogens is 4. The molecule has 0 saturated carbocycles. The highest BCUT2D eigenvalue weighted by molar-refractivity contribution is 7.08. The van der Waals surface area contributed by atoms with Crippen LogP contribution in [-0.4, -0.2) is 31.6 Å². The van der Waals surface area contributed by atoms with Crippen LogP contribution in [0.25, 0.3) is 0 Å². The van der Waals surface area contributed by atoms with Gasteiger partial charge < -0.3 is 4.98 Å². The van der Waals surface area contributed by atoms with Crippen LogP contribution in [0.5, 0.6) is 0 Å². The minimum atomic E-state index is 0.0682. The summed E-state index contributed by atoms with van der Waals surface area (Å²) in [5.41, 5.74) is 6.10. The number of nitrogens with one attached hydrogen (secondary N) is 2. The molecule has 0 bridgehead atoms. The molecule has 0 aliphatic carbocycles.